The second-order valence-electron chi connectivity index (χ2n) is 3.47. The zero-order valence-electron chi connectivity index (χ0n) is 8.88. The number of benzene rings is 1. The van der Waals surface area contributed by atoms with Gasteiger partial charge < -0.3 is 10.4 Å². The van der Waals surface area contributed by atoms with E-state index in [1.807, 2.05) is 24.3 Å². The highest BCUT2D eigenvalue weighted by molar-refractivity contribution is 7.11. The third-order valence-electron chi connectivity index (χ3n) is 2.31. The zero-order chi connectivity index (χ0) is 12.3. The first-order valence-corrected chi connectivity index (χ1v) is 5.77. The highest BCUT2D eigenvalue weighted by Gasteiger charge is 2.17. The van der Waals surface area contributed by atoms with Gasteiger partial charge in [0.05, 0.1) is 5.52 Å². The average molecular weight is 246 g/mol. The smallest absolute Gasteiger partial charge is 0.327 e. The van der Waals surface area contributed by atoms with Crippen LogP contribution in [0, 0.1) is 12.3 Å². The fourth-order valence-electron chi connectivity index (χ4n) is 1.47. The van der Waals surface area contributed by atoms with Crippen LogP contribution in [0.3, 0.4) is 0 Å². The number of nitrogens with one attached hydrogen (secondary N) is 1. The van der Waals surface area contributed by atoms with E-state index in [-0.39, 0.29) is 6.42 Å². The maximum atomic E-state index is 11.0. The molecule has 86 valence electrons. The Kier molecular flexibility index (Phi) is 3.26. The molecule has 2 N–H and O–H groups in total. The van der Waals surface area contributed by atoms with Gasteiger partial charge in [-0.3, -0.25) is 0 Å². The summed E-state index contributed by atoms with van der Waals surface area (Å²) in [6.45, 7) is 0. The van der Waals surface area contributed by atoms with Gasteiger partial charge in [-0.25, -0.2) is 4.79 Å². The Morgan fingerprint density at radius 2 is 2.35 bits per heavy atom. The molecule has 0 bridgehead atoms. The first-order chi connectivity index (χ1) is 8.22. The SMILES string of the molecule is C#CCC(Nc1snc2ccccc12)C(=O)O. The standard InChI is InChI=1S/C12H10N2O2S/c1-2-5-10(12(15)16)13-11-8-6-3-4-7-9(8)14-17-11/h1,3-4,6-7,10,13H,5H2,(H,15,16). The lowest BCUT2D eigenvalue weighted by molar-refractivity contribution is -0.137. The lowest BCUT2D eigenvalue weighted by atomic mass is 10.2. The monoisotopic (exact) mass is 246 g/mol. The van der Waals surface area contributed by atoms with Crippen molar-refractivity contribution in [3.05, 3.63) is 24.3 Å². The summed E-state index contributed by atoms with van der Waals surface area (Å²) < 4.78 is 4.23. The Morgan fingerprint density at radius 1 is 1.59 bits per heavy atom. The Labute approximate surface area is 102 Å². The van der Waals surface area contributed by atoms with Crippen LogP contribution in [0.2, 0.25) is 0 Å². The van der Waals surface area contributed by atoms with Gasteiger partial charge in [-0.15, -0.1) is 12.3 Å². The number of nitrogens with zero attached hydrogens (tertiary/aromatic N) is 1. The molecule has 0 radical (unpaired) electrons. The lowest BCUT2D eigenvalue weighted by Gasteiger charge is -2.10. The number of hydrogen-bond acceptors (Lipinski definition) is 4. The normalized spacial score (nSPS) is 11.9. The molecule has 0 aliphatic heterocycles. The summed E-state index contributed by atoms with van der Waals surface area (Å²) in [7, 11) is 0. The number of terminal acetylenes is 1. The molecule has 17 heavy (non-hydrogen) atoms. The molecule has 0 spiro atoms. The van der Waals surface area contributed by atoms with Crippen molar-refractivity contribution in [3.63, 3.8) is 0 Å². The lowest BCUT2D eigenvalue weighted by Crippen LogP contribution is -2.28. The Balaban J connectivity index is 2.28. The zero-order valence-corrected chi connectivity index (χ0v) is 9.70. The molecule has 0 saturated carbocycles. The van der Waals surface area contributed by atoms with E-state index >= 15 is 0 Å². The molecule has 0 fully saturated rings. The summed E-state index contributed by atoms with van der Waals surface area (Å²) in [6.07, 6.45) is 5.28. The molecule has 0 amide bonds. The van der Waals surface area contributed by atoms with Gasteiger partial charge >= 0.3 is 5.97 Å². The van der Waals surface area contributed by atoms with E-state index in [0.717, 1.165) is 15.9 Å². The summed E-state index contributed by atoms with van der Waals surface area (Å²) >= 11 is 1.24. The topological polar surface area (TPSA) is 62.2 Å². The number of hydrogen-bond donors (Lipinski definition) is 2. The molecular formula is C12H10N2O2S. The summed E-state index contributed by atoms with van der Waals surface area (Å²) in [5, 5.41) is 13.6. The molecular weight excluding hydrogens is 236 g/mol. The van der Waals surface area contributed by atoms with Gasteiger partial charge in [0.2, 0.25) is 0 Å². The third-order valence-corrected chi connectivity index (χ3v) is 3.12. The summed E-state index contributed by atoms with van der Waals surface area (Å²) in [5.74, 6) is 1.39. The van der Waals surface area contributed by atoms with E-state index in [1.165, 1.54) is 11.5 Å². The molecule has 1 aromatic heterocycles. The quantitative estimate of drug-likeness (QED) is 0.812. The molecule has 1 aromatic carbocycles. The molecule has 2 rings (SSSR count). The van der Waals surface area contributed by atoms with Crippen molar-refractivity contribution in [3.8, 4) is 12.3 Å². The number of aromatic nitrogens is 1. The van der Waals surface area contributed by atoms with Gasteiger partial charge in [0.15, 0.2) is 0 Å². The maximum absolute atomic E-state index is 11.0. The van der Waals surface area contributed by atoms with Crippen molar-refractivity contribution in [1.82, 2.24) is 4.37 Å². The molecule has 5 heteroatoms. The number of carbonyl (C=O) groups is 1. The van der Waals surface area contributed by atoms with Crippen LogP contribution >= 0.6 is 11.5 Å². The van der Waals surface area contributed by atoms with Crippen LogP contribution in [0.25, 0.3) is 10.9 Å². The van der Waals surface area contributed by atoms with Crippen molar-refractivity contribution in [1.29, 1.82) is 0 Å². The van der Waals surface area contributed by atoms with E-state index in [9.17, 15) is 4.79 Å². The number of fused-ring (bicyclic) bond motifs is 1. The number of carboxylic acids is 1. The fraction of sp³-hybridized carbons (Fsp3) is 0.167. The third kappa shape index (κ3) is 2.37. The van der Waals surface area contributed by atoms with Crippen molar-refractivity contribution in [2.24, 2.45) is 0 Å². The van der Waals surface area contributed by atoms with E-state index in [2.05, 4.69) is 15.6 Å². The molecule has 0 aliphatic rings. The largest absolute Gasteiger partial charge is 0.480 e. The van der Waals surface area contributed by atoms with Gasteiger partial charge in [-0.1, -0.05) is 12.1 Å². The van der Waals surface area contributed by atoms with Crippen molar-refractivity contribution >= 4 is 33.4 Å². The second kappa shape index (κ2) is 4.85. The van der Waals surface area contributed by atoms with Gasteiger partial charge in [-0.2, -0.15) is 4.37 Å². The number of rotatable bonds is 4. The summed E-state index contributed by atoms with van der Waals surface area (Å²) in [6, 6.07) is 6.79. The van der Waals surface area contributed by atoms with Crippen molar-refractivity contribution in [2.75, 3.05) is 5.32 Å². The highest BCUT2D eigenvalue weighted by Crippen LogP contribution is 2.28. The maximum Gasteiger partial charge on any atom is 0.327 e. The first-order valence-electron chi connectivity index (χ1n) is 4.99. The molecule has 1 atom stereocenters. The number of carboxylic acid groups (broad SMARTS) is 1. The molecule has 2 aromatic rings. The van der Waals surface area contributed by atoms with E-state index in [1.54, 1.807) is 0 Å². The Bertz CT molecular complexity index is 585. The van der Waals surface area contributed by atoms with Gasteiger partial charge in [0.25, 0.3) is 0 Å². The molecule has 0 aliphatic carbocycles. The van der Waals surface area contributed by atoms with Crippen molar-refractivity contribution < 1.29 is 9.90 Å². The van der Waals surface area contributed by atoms with Crippen LogP contribution < -0.4 is 5.32 Å². The molecule has 1 heterocycles. The molecule has 1 unspecified atom stereocenters. The molecule has 0 saturated heterocycles. The van der Waals surface area contributed by atoms with Crippen LogP contribution in [0.15, 0.2) is 24.3 Å². The fourth-order valence-corrected chi connectivity index (χ4v) is 2.28. The minimum Gasteiger partial charge on any atom is -0.480 e. The average Bonchev–Trinajstić information content (AvgIpc) is 2.72. The first kappa shape index (κ1) is 11.4. The van der Waals surface area contributed by atoms with E-state index < -0.39 is 12.0 Å². The summed E-state index contributed by atoms with van der Waals surface area (Å²) in [5.41, 5.74) is 0.852. The van der Waals surface area contributed by atoms with Crippen LogP contribution in [-0.4, -0.2) is 21.5 Å². The highest BCUT2D eigenvalue weighted by atomic mass is 32.1. The Morgan fingerprint density at radius 3 is 3.06 bits per heavy atom. The number of anilines is 1. The predicted molar refractivity (Wildman–Crippen MR) is 68.1 cm³/mol. The van der Waals surface area contributed by atoms with Crippen LogP contribution in [-0.2, 0) is 4.79 Å². The van der Waals surface area contributed by atoms with Crippen LogP contribution in [0.4, 0.5) is 5.00 Å². The minimum absolute atomic E-state index is 0.140. The Hall–Kier alpha value is -2.06. The predicted octanol–water partition coefficient (Wildman–Crippen LogP) is 2.18. The van der Waals surface area contributed by atoms with E-state index in [4.69, 9.17) is 11.5 Å². The second-order valence-corrected chi connectivity index (χ2v) is 4.25. The number of aliphatic carboxylic acids is 1. The summed E-state index contributed by atoms with van der Waals surface area (Å²) in [4.78, 5) is 11.0. The van der Waals surface area contributed by atoms with Crippen molar-refractivity contribution in [2.45, 2.75) is 12.5 Å². The van der Waals surface area contributed by atoms with E-state index in [0.29, 0.717) is 0 Å². The minimum atomic E-state index is -0.958. The van der Waals surface area contributed by atoms with Crippen LogP contribution in [0.5, 0.6) is 0 Å². The van der Waals surface area contributed by atoms with Gasteiger partial charge in [0, 0.05) is 11.8 Å². The van der Waals surface area contributed by atoms with Gasteiger partial charge in [0.1, 0.15) is 11.0 Å². The molecule has 4 nitrogen and oxygen atoms in total. The van der Waals surface area contributed by atoms with Crippen LogP contribution in [0.1, 0.15) is 6.42 Å². The van der Waals surface area contributed by atoms with Gasteiger partial charge in [-0.05, 0) is 23.7 Å².